The van der Waals surface area contributed by atoms with E-state index in [-0.39, 0.29) is 12.5 Å². The summed E-state index contributed by atoms with van der Waals surface area (Å²) in [5, 5.41) is 5.40. The van der Waals surface area contributed by atoms with E-state index in [0.717, 1.165) is 10.0 Å². The van der Waals surface area contributed by atoms with Gasteiger partial charge in [0.15, 0.2) is 0 Å². The van der Waals surface area contributed by atoms with E-state index in [0.29, 0.717) is 26.7 Å². The number of carbonyl (C=O) groups excluding carboxylic acids is 2. The molecule has 0 fully saturated rings. The van der Waals surface area contributed by atoms with E-state index in [1.165, 1.54) is 11.3 Å². The van der Waals surface area contributed by atoms with Crippen molar-refractivity contribution in [2.45, 2.75) is 6.92 Å². The van der Waals surface area contributed by atoms with E-state index in [2.05, 4.69) is 21.2 Å². The van der Waals surface area contributed by atoms with Gasteiger partial charge in [0.25, 0.3) is 5.91 Å². The molecule has 0 bridgehead atoms. The maximum atomic E-state index is 12.6. The van der Waals surface area contributed by atoms with Crippen LogP contribution in [0.1, 0.15) is 27.6 Å². The molecule has 0 radical (unpaired) electrons. The molecule has 0 atom stereocenters. The van der Waals surface area contributed by atoms with Crippen LogP contribution in [-0.2, 0) is 4.74 Å². The summed E-state index contributed by atoms with van der Waals surface area (Å²) in [6, 6.07) is 14.3. The third-order valence-corrected chi connectivity index (χ3v) is 5.53. The maximum absolute atomic E-state index is 12.6. The van der Waals surface area contributed by atoms with Gasteiger partial charge in [-0.25, -0.2) is 4.79 Å². The summed E-state index contributed by atoms with van der Waals surface area (Å²) in [5.41, 5.74) is 2.24. The van der Waals surface area contributed by atoms with Gasteiger partial charge in [-0.2, -0.15) is 0 Å². The first-order chi connectivity index (χ1) is 13.0. The molecule has 7 heteroatoms. The highest BCUT2D eigenvalue weighted by Crippen LogP contribution is 2.37. The number of nitrogens with one attached hydrogen (secondary N) is 1. The number of amides is 1. The second kappa shape index (κ2) is 8.69. The van der Waals surface area contributed by atoms with Crippen LogP contribution in [0.25, 0.3) is 11.1 Å². The number of esters is 1. The number of thiophene rings is 1. The van der Waals surface area contributed by atoms with Crippen molar-refractivity contribution in [1.29, 1.82) is 0 Å². The Balaban J connectivity index is 2.00. The summed E-state index contributed by atoms with van der Waals surface area (Å²) in [6.45, 7) is 1.98. The lowest BCUT2D eigenvalue weighted by molar-refractivity contribution is 0.0529. The summed E-state index contributed by atoms with van der Waals surface area (Å²) in [5.74, 6) is -0.860. The maximum Gasteiger partial charge on any atom is 0.341 e. The van der Waals surface area contributed by atoms with Crippen molar-refractivity contribution in [2.24, 2.45) is 0 Å². The standard InChI is InChI=1S/C20H15BrClNO3S/c1-2-26-20(25)17-15(12-7-9-13(21)10-8-12)11-27-19(17)23-18(24)14-5-3-4-6-16(14)22/h3-11H,2H2,1H3,(H,23,24). The van der Waals surface area contributed by atoms with Crippen LogP contribution in [0.15, 0.2) is 58.4 Å². The smallest absolute Gasteiger partial charge is 0.341 e. The topological polar surface area (TPSA) is 55.4 Å². The van der Waals surface area contributed by atoms with Gasteiger partial charge in [-0.3, -0.25) is 4.79 Å². The molecular formula is C20H15BrClNO3S. The fourth-order valence-electron chi connectivity index (χ4n) is 2.51. The number of ether oxygens (including phenoxy) is 1. The summed E-state index contributed by atoms with van der Waals surface area (Å²) in [4.78, 5) is 25.2. The molecule has 4 nitrogen and oxygen atoms in total. The molecule has 0 unspecified atom stereocenters. The van der Waals surface area contributed by atoms with Crippen molar-refractivity contribution in [3.8, 4) is 11.1 Å². The summed E-state index contributed by atoms with van der Waals surface area (Å²) >= 11 is 10.8. The van der Waals surface area contributed by atoms with Crippen LogP contribution in [0, 0.1) is 0 Å². The molecule has 0 aliphatic heterocycles. The highest BCUT2D eigenvalue weighted by Gasteiger charge is 2.23. The number of carbonyl (C=O) groups is 2. The molecule has 0 aliphatic rings. The number of benzene rings is 2. The normalized spacial score (nSPS) is 10.5. The summed E-state index contributed by atoms with van der Waals surface area (Å²) in [7, 11) is 0. The second-order valence-corrected chi connectivity index (χ2v) is 7.72. The third-order valence-electron chi connectivity index (χ3n) is 3.77. The largest absolute Gasteiger partial charge is 0.462 e. The van der Waals surface area contributed by atoms with Crippen LogP contribution in [0.5, 0.6) is 0 Å². The van der Waals surface area contributed by atoms with Gasteiger partial charge in [0.2, 0.25) is 0 Å². The number of hydrogen-bond acceptors (Lipinski definition) is 4. The minimum atomic E-state index is -0.480. The zero-order valence-electron chi connectivity index (χ0n) is 14.3. The molecule has 0 saturated heterocycles. The molecule has 0 aliphatic carbocycles. The van der Waals surface area contributed by atoms with Gasteiger partial charge in [-0.1, -0.05) is 51.8 Å². The Kier molecular flexibility index (Phi) is 6.31. The van der Waals surface area contributed by atoms with Crippen LogP contribution < -0.4 is 5.32 Å². The Morgan fingerprint density at radius 3 is 2.52 bits per heavy atom. The fraction of sp³-hybridized carbons (Fsp3) is 0.100. The van der Waals surface area contributed by atoms with Crippen molar-refractivity contribution in [3.63, 3.8) is 0 Å². The van der Waals surface area contributed by atoms with Gasteiger partial charge in [-0.05, 0) is 36.8 Å². The average Bonchev–Trinajstić information content (AvgIpc) is 3.06. The van der Waals surface area contributed by atoms with E-state index in [9.17, 15) is 9.59 Å². The van der Waals surface area contributed by atoms with E-state index in [1.807, 2.05) is 29.6 Å². The lowest BCUT2D eigenvalue weighted by Crippen LogP contribution is -2.15. The number of halogens is 2. The van der Waals surface area contributed by atoms with Crippen molar-refractivity contribution in [2.75, 3.05) is 11.9 Å². The lowest BCUT2D eigenvalue weighted by Gasteiger charge is -2.09. The molecule has 3 aromatic rings. The first-order valence-electron chi connectivity index (χ1n) is 8.11. The molecule has 1 aromatic heterocycles. The minimum absolute atomic E-state index is 0.242. The van der Waals surface area contributed by atoms with E-state index < -0.39 is 5.97 Å². The molecule has 138 valence electrons. The van der Waals surface area contributed by atoms with Crippen LogP contribution in [-0.4, -0.2) is 18.5 Å². The van der Waals surface area contributed by atoms with Gasteiger partial charge in [0, 0.05) is 15.4 Å². The van der Waals surface area contributed by atoms with Gasteiger partial charge in [0.1, 0.15) is 10.6 Å². The third kappa shape index (κ3) is 4.40. The first kappa shape index (κ1) is 19.6. The zero-order valence-corrected chi connectivity index (χ0v) is 17.5. The lowest BCUT2D eigenvalue weighted by atomic mass is 10.0. The van der Waals surface area contributed by atoms with Crippen LogP contribution in [0.4, 0.5) is 5.00 Å². The molecule has 2 aromatic carbocycles. The highest BCUT2D eigenvalue weighted by atomic mass is 79.9. The first-order valence-corrected chi connectivity index (χ1v) is 10.2. The minimum Gasteiger partial charge on any atom is -0.462 e. The molecular weight excluding hydrogens is 450 g/mol. The monoisotopic (exact) mass is 463 g/mol. The number of rotatable bonds is 5. The van der Waals surface area contributed by atoms with E-state index in [4.69, 9.17) is 16.3 Å². The summed E-state index contributed by atoms with van der Waals surface area (Å²) < 4.78 is 6.14. The Bertz CT molecular complexity index is 985. The zero-order chi connectivity index (χ0) is 19.4. The fourth-order valence-corrected chi connectivity index (χ4v) is 3.95. The Morgan fingerprint density at radius 2 is 1.85 bits per heavy atom. The molecule has 27 heavy (non-hydrogen) atoms. The van der Waals surface area contributed by atoms with Crippen LogP contribution in [0.2, 0.25) is 5.02 Å². The van der Waals surface area contributed by atoms with Gasteiger partial charge < -0.3 is 10.1 Å². The Morgan fingerprint density at radius 1 is 1.15 bits per heavy atom. The quantitative estimate of drug-likeness (QED) is 0.453. The van der Waals surface area contributed by atoms with Gasteiger partial charge in [0.05, 0.1) is 17.2 Å². The van der Waals surface area contributed by atoms with Crippen molar-refractivity contribution in [1.82, 2.24) is 0 Å². The Hall–Kier alpha value is -2.15. The van der Waals surface area contributed by atoms with Crippen molar-refractivity contribution in [3.05, 3.63) is 74.5 Å². The van der Waals surface area contributed by atoms with Crippen molar-refractivity contribution >= 4 is 55.7 Å². The van der Waals surface area contributed by atoms with E-state index in [1.54, 1.807) is 31.2 Å². The predicted octanol–water partition coefficient (Wildman–Crippen LogP) is 6.26. The van der Waals surface area contributed by atoms with Gasteiger partial charge >= 0.3 is 5.97 Å². The summed E-state index contributed by atoms with van der Waals surface area (Å²) in [6.07, 6.45) is 0. The second-order valence-electron chi connectivity index (χ2n) is 5.51. The molecule has 1 N–H and O–H groups in total. The molecule has 1 amide bonds. The molecule has 1 heterocycles. The molecule has 0 saturated carbocycles. The SMILES string of the molecule is CCOC(=O)c1c(-c2ccc(Br)cc2)csc1NC(=O)c1ccccc1Cl. The number of anilines is 1. The predicted molar refractivity (Wildman–Crippen MR) is 113 cm³/mol. The van der Waals surface area contributed by atoms with Gasteiger partial charge in [-0.15, -0.1) is 11.3 Å². The van der Waals surface area contributed by atoms with Crippen LogP contribution in [0.3, 0.4) is 0 Å². The highest BCUT2D eigenvalue weighted by molar-refractivity contribution is 9.10. The molecule has 0 spiro atoms. The Labute approximate surface area is 174 Å². The average molecular weight is 465 g/mol. The van der Waals surface area contributed by atoms with Crippen LogP contribution >= 0.6 is 38.9 Å². The van der Waals surface area contributed by atoms with E-state index >= 15 is 0 Å². The van der Waals surface area contributed by atoms with Crippen molar-refractivity contribution < 1.29 is 14.3 Å². The number of hydrogen-bond donors (Lipinski definition) is 1. The molecule has 3 rings (SSSR count).